The van der Waals surface area contributed by atoms with Gasteiger partial charge in [-0.2, -0.15) is 0 Å². The minimum Gasteiger partial charge on any atom is -0.354 e. The molecule has 0 bridgehead atoms. The molecule has 0 radical (unpaired) electrons. The quantitative estimate of drug-likeness (QED) is 0.742. The Balaban J connectivity index is 1.89. The SMILES string of the molecule is CCCNC(=O)C(C)N1CCCC(NC2CC2)C1=O. The van der Waals surface area contributed by atoms with Crippen LogP contribution in [0.25, 0.3) is 0 Å². The van der Waals surface area contributed by atoms with Crippen molar-refractivity contribution in [2.45, 2.75) is 64.1 Å². The monoisotopic (exact) mass is 267 g/mol. The zero-order valence-electron chi connectivity index (χ0n) is 11.9. The van der Waals surface area contributed by atoms with Crippen molar-refractivity contribution < 1.29 is 9.59 Å². The molecule has 0 aromatic heterocycles. The van der Waals surface area contributed by atoms with E-state index in [2.05, 4.69) is 10.6 Å². The van der Waals surface area contributed by atoms with Gasteiger partial charge in [0.05, 0.1) is 6.04 Å². The maximum atomic E-state index is 12.4. The summed E-state index contributed by atoms with van der Waals surface area (Å²) in [4.78, 5) is 26.1. The second-order valence-electron chi connectivity index (χ2n) is 5.63. The molecular weight excluding hydrogens is 242 g/mol. The van der Waals surface area contributed by atoms with Crippen LogP contribution in [-0.4, -0.2) is 47.9 Å². The van der Waals surface area contributed by atoms with Crippen molar-refractivity contribution in [3.05, 3.63) is 0 Å². The zero-order valence-corrected chi connectivity index (χ0v) is 11.9. The molecule has 108 valence electrons. The number of hydrogen-bond acceptors (Lipinski definition) is 3. The largest absolute Gasteiger partial charge is 0.354 e. The minimum atomic E-state index is -0.358. The lowest BCUT2D eigenvalue weighted by molar-refractivity contribution is -0.143. The molecule has 2 rings (SSSR count). The number of carbonyl (C=O) groups excluding carboxylic acids is 2. The molecule has 2 unspecified atom stereocenters. The third-order valence-corrected chi connectivity index (χ3v) is 3.88. The number of nitrogens with zero attached hydrogens (tertiary/aromatic N) is 1. The second-order valence-corrected chi connectivity index (χ2v) is 5.63. The van der Waals surface area contributed by atoms with E-state index in [4.69, 9.17) is 0 Å². The molecule has 0 aromatic rings. The van der Waals surface area contributed by atoms with Gasteiger partial charge in [-0.25, -0.2) is 0 Å². The molecule has 5 heteroatoms. The molecule has 2 aliphatic rings. The number of nitrogens with one attached hydrogen (secondary N) is 2. The average molecular weight is 267 g/mol. The van der Waals surface area contributed by atoms with Crippen LogP contribution < -0.4 is 10.6 Å². The average Bonchev–Trinajstić information content (AvgIpc) is 3.21. The Labute approximate surface area is 115 Å². The second kappa shape index (κ2) is 6.37. The van der Waals surface area contributed by atoms with E-state index < -0.39 is 0 Å². The fourth-order valence-corrected chi connectivity index (χ4v) is 2.51. The summed E-state index contributed by atoms with van der Waals surface area (Å²) < 4.78 is 0. The molecule has 1 aliphatic carbocycles. The molecule has 19 heavy (non-hydrogen) atoms. The Morgan fingerprint density at radius 1 is 1.42 bits per heavy atom. The van der Waals surface area contributed by atoms with Crippen molar-refractivity contribution in [3.63, 3.8) is 0 Å². The van der Waals surface area contributed by atoms with E-state index >= 15 is 0 Å². The molecule has 2 fully saturated rings. The van der Waals surface area contributed by atoms with Gasteiger partial charge in [0.15, 0.2) is 0 Å². The first-order valence-corrected chi connectivity index (χ1v) is 7.47. The van der Waals surface area contributed by atoms with Crippen molar-refractivity contribution in [1.29, 1.82) is 0 Å². The molecule has 2 amide bonds. The van der Waals surface area contributed by atoms with E-state index in [1.54, 1.807) is 4.90 Å². The van der Waals surface area contributed by atoms with Crippen LogP contribution in [0.1, 0.15) is 46.0 Å². The summed E-state index contributed by atoms with van der Waals surface area (Å²) in [5, 5.41) is 6.25. The highest BCUT2D eigenvalue weighted by Crippen LogP contribution is 2.23. The summed E-state index contributed by atoms with van der Waals surface area (Å²) >= 11 is 0. The summed E-state index contributed by atoms with van der Waals surface area (Å²) in [5.74, 6) is 0.0552. The first-order valence-electron chi connectivity index (χ1n) is 7.47. The fourth-order valence-electron chi connectivity index (χ4n) is 2.51. The summed E-state index contributed by atoms with van der Waals surface area (Å²) in [5.41, 5.74) is 0. The van der Waals surface area contributed by atoms with Gasteiger partial charge >= 0.3 is 0 Å². The van der Waals surface area contributed by atoms with Gasteiger partial charge in [0.2, 0.25) is 11.8 Å². The Morgan fingerprint density at radius 3 is 2.79 bits per heavy atom. The van der Waals surface area contributed by atoms with Crippen LogP contribution in [0.5, 0.6) is 0 Å². The van der Waals surface area contributed by atoms with Gasteiger partial charge < -0.3 is 15.5 Å². The smallest absolute Gasteiger partial charge is 0.242 e. The summed E-state index contributed by atoms with van der Waals surface area (Å²) in [7, 11) is 0. The van der Waals surface area contributed by atoms with Gasteiger partial charge in [-0.1, -0.05) is 6.92 Å². The maximum absolute atomic E-state index is 12.4. The normalized spacial score (nSPS) is 25.3. The molecule has 5 nitrogen and oxygen atoms in total. The van der Waals surface area contributed by atoms with E-state index in [0.717, 1.165) is 19.3 Å². The van der Waals surface area contributed by atoms with E-state index in [0.29, 0.717) is 19.1 Å². The number of likely N-dealkylation sites (tertiary alicyclic amines) is 1. The standard InChI is InChI=1S/C14H25N3O2/c1-3-8-15-13(18)10(2)17-9-4-5-12(14(17)19)16-11-6-7-11/h10-12,16H,3-9H2,1-2H3,(H,15,18). The van der Waals surface area contributed by atoms with Crippen molar-refractivity contribution in [1.82, 2.24) is 15.5 Å². The number of amides is 2. The molecule has 1 heterocycles. The minimum absolute atomic E-state index is 0.0396. The Morgan fingerprint density at radius 2 is 2.16 bits per heavy atom. The van der Waals surface area contributed by atoms with Crippen molar-refractivity contribution in [3.8, 4) is 0 Å². The van der Waals surface area contributed by atoms with Crippen molar-refractivity contribution >= 4 is 11.8 Å². The summed E-state index contributed by atoms with van der Waals surface area (Å²) in [6, 6.07) is 0.0867. The molecule has 0 aromatic carbocycles. The number of rotatable bonds is 6. The molecule has 1 aliphatic heterocycles. The highest BCUT2D eigenvalue weighted by atomic mass is 16.2. The van der Waals surface area contributed by atoms with Crippen LogP contribution in [0.3, 0.4) is 0 Å². The summed E-state index contributed by atoms with van der Waals surface area (Å²) in [6.07, 6.45) is 5.14. The molecule has 2 atom stereocenters. The first-order chi connectivity index (χ1) is 9.13. The van der Waals surface area contributed by atoms with Crippen LogP contribution >= 0.6 is 0 Å². The van der Waals surface area contributed by atoms with Crippen LogP contribution in [0.15, 0.2) is 0 Å². The predicted molar refractivity (Wildman–Crippen MR) is 73.7 cm³/mol. The highest BCUT2D eigenvalue weighted by molar-refractivity contribution is 5.90. The van der Waals surface area contributed by atoms with Crippen molar-refractivity contribution in [2.75, 3.05) is 13.1 Å². The zero-order chi connectivity index (χ0) is 13.8. The number of piperidine rings is 1. The van der Waals surface area contributed by atoms with Gasteiger partial charge in [0.25, 0.3) is 0 Å². The number of hydrogen-bond donors (Lipinski definition) is 2. The molecule has 1 saturated heterocycles. The van der Waals surface area contributed by atoms with Gasteiger partial charge in [0.1, 0.15) is 6.04 Å². The lowest BCUT2D eigenvalue weighted by Crippen LogP contribution is -2.57. The first kappa shape index (κ1) is 14.3. The van der Waals surface area contributed by atoms with E-state index in [-0.39, 0.29) is 23.9 Å². The van der Waals surface area contributed by atoms with Gasteiger partial charge in [-0.15, -0.1) is 0 Å². The van der Waals surface area contributed by atoms with Gasteiger partial charge in [0, 0.05) is 19.1 Å². The maximum Gasteiger partial charge on any atom is 0.242 e. The summed E-state index contributed by atoms with van der Waals surface area (Å²) in [6.45, 7) is 5.21. The Kier molecular flexibility index (Phi) is 4.80. The van der Waals surface area contributed by atoms with Gasteiger partial charge in [-0.3, -0.25) is 9.59 Å². The molecule has 1 saturated carbocycles. The van der Waals surface area contributed by atoms with Crippen molar-refractivity contribution in [2.24, 2.45) is 0 Å². The van der Waals surface area contributed by atoms with E-state index in [9.17, 15) is 9.59 Å². The lowest BCUT2D eigenvalue weighted by atomic mass is 10.0. The van der Waals surface area contributed by atoms with Gasteiger partial charge in [-0.05, 0) is 39.0 Å². The van der Waals surface area contributed by atoms with Crippen LogP contribution in [-0.2, 0) is 9.59 Å². The third-order valence-electron chi connectivity index (χ3n) is 3.88. The third kappa shape index (κ3) is 3.69. The Bertz CT molecular complexity index is 342. The molecule has 2 N–H and O–H groups in total. The van der Waals surface area contributed by atoms with E-state index in [1.165, 1.54) is 12.8 Å². The van der Waals surface area contributed by atoms with Crippen LogP contribution in [0.2, 0.25) is 0 Å². The van der Waals surface area contributed by atoms with Crippen LogP contribution in [0.4, 0.5) is 0 Å². The molecule has 0 spiro atoms. The highest BCUT2D eigenvalue weighted by Gasteiger charge is 2.36. The molecular formula is C14H25N3O2. The topological polar surface area (TPSA) is 61.4 Å². The van der Waals surface area contributed by atoms with E-state index in [1.807, 2.05) is 13.8 Å². The Hall–Kier alpha value is -1.10. The lowest BCUT2D eigenvalue weighted by Gasteiger charge is -2.36. The predicted octanol–water partition coefficient (Wildman–Crippen LogP) is 0.644. The fraction of sp³-hybridized carbons (Fsp3) is 0.857. The number of carbonyl (C=O) groups is 2. The van der Waals surface area contributed by atoms with Crippen LogP contribution in [0, 0.1) is 0 Å².